The van der Waals surface area contributed by atoms with Crippen LogP contribution < -0.4 is 14.9 Å². The van der Waals surface area contributed by atoms with Crippen molar-refractivity contribution in [3.63, 3.8) is 0 Å². The first-order valence-corrected chi connectivity index (χ1v) is 16.1. The lowest BCUT2D eigenvalue weighted by atomic mass is 9.49. The third-order valence-electron chi connectivity index (χ3n) is 8.86. The minimum Gasteiger partial charge on any atom is -0.493 e. The lowest BCUT2D eigenvalue weighted by Crippen LogP contribution is -2.57. The van der Waals surface area contributed by atoms with Gasteiger partial charge in [0.1, 0.15) is 6.61 Å². The molecule has 5 aliphatic rings. The standard InChI is InChI=1S/C32H33BrN2O4S2/c1-3-4-24-12-20(13-26(38-2)28(24)39-18-19-5-7-25(33)8-6-19)14-27-29(36)35(31(40)41-27)34-30(37)32-15-21-9-22(16-32)11-23(10-21)17-32/h3,5-8,12-14,21-23H,1,4,9-11,15-18H2,2H3,(H,34,37)/b27-14-. The van der Waals surface area contributed by atoms with Crippen LogP contribution in [0.4, 0.5) is 0 Å². The van der Waals surface area contributed by atoms with Crippen molar-refractivity contribution in [3.05, 3.63) is 75.1 Å². The van der Waals surface area contributed by atoms with E-state index in [1.54, 1.807) is 13.2 Å². The van der Waals surface area contributed by atoms with Gasteiger partial charge in [-0.3, -0.25) is 15.0 Å². The highest BCUT2D eigenvalue weighted by atomic mass is 79.9. The fraction of sp³-hybridized carbons (Fsp3) is 0.406. The second-order valence-corrected chi connectivity index (χ2v) is 14.4. The summed E-state index contributed by atoms with van der Waals surface area (Å²) < 4.78 is 13.3. The van der Waals surface area contributed by atoms with Crippen molar-refractivity contribution >= 4 is 62.1 Å². The topological polar surface area (TPSA) is 67.9 Å². The van der Waals surface area contributed by atoms with Crippen molar-refractivity contribution in [1.82, 2.24) is 10.4 Å². The molecule has 2 aromatic carbocycles. The number of amides is 2. The largest absolute Gasteiger partial charge is 0.493 e. The first-order valence-electron chi connectivity index (χ1n) is 14.0. The Balaban J connectivity index is 1.20. The maximum atomic E-state index is 13.6. The van der Waals surface area contributed by atoms with Crippen molar-refractivity contribution in [2.75, 3.05) is 7.11 Å². The molecule has 1 saturated heterocycles. The number of thioether (sulfide) groups is 1. The number of thiocarbonyl (C=S) groups is 1. The minimum absolute atomic E-state index is 0.0450. The number of ether oxygens (including phenoxy) is 2. The van der Waals surface area contributed by atoms with Crippen LogP contribution in [0.2, 0.25) is 0 Å². The smallest absolute Gasteiger partial charge is 0.285 e. The summed E-state index contributed by atoms with van der Waals surface area (Å²) in [6, 6.07) is 11.8. The molecule has 0 unspecified atom stereocenters. The predicted molar refractivity (Wildman–Crippen MR) is 169 cm³/mol. The van der Waals surface area contributed by atoms with Crippen LogP contribution in [0.1, 0.15) is 55.2 Å². The molecule has 2 aromatic rings. The van der Waals surface area contributed by atoms with Gasteiger partial charge >= 0.3 is 0 Å². The molecule has 9 heteroatoms. The van der Waals surface area contributed by atoms with Gasteiger partial charge in [-0.1, -0.05) is 45.9 Å². The Kier molecular flexibility index (Phi) is 8.04. The zero-order valence-electron chi connectivity index (χ0n) is 23.0. The summed E-state index contributed by atoms with van der Waals surface area (Å²) in [7, 11) is 1.60. The molecule has 1 heterocycles. The highest BCUT2D eigenvalue weighted by Gasteiger charge is 2.55. The Hall–Kier alpha value is -2.62. The van der Waals surface area contributed by atoms with Gasteiger partial charge in [-0.15, -0.1) is 6.58 Å². The van der Waals surface area contributed by atoms with Gasteiger partial charge in [0.25, 0.3) is 5.91 Å². The maximum Gasteiger partial charge on any atom is 0.285 e. The van der Waals surface area contributed by atoms with E-state index in [1.165, 1.54) is 36.0 Å². The molecule has 4 aliphatic carbocycles. The lowest BCUT2D eigenvalue weighted by Gasteiger charge is -2.55. The summed E-state index contributed by atoms with van der Waals surface area (Å²) in [6.07, 6.45) is 10.7. The molecule has 0 aromatic heterocycles. The number of carbonyl (C=O) groups is 2. The minimum atomic E-state index is -0.360. The van der Waals surface area contributed by atoms with E-state index in [4.69, 9.17) is 21.7 Å². The van der Waals surface area contributed by atoms with E-state index in [9.17, 15) is 9.59 Å². The molecule has 0 atom stereocenters. The summed E-state index contributed by atoms with van der Waals surface area (Å²) in [5.74, 6) is 2.77. The summed E-state index contributed by atoms with van der Waals surface area (Å²) in [4.78, 5) is 27.5. The Morgan fingerprint density at radius 2 is 1.83 bits per heavy atom. The fourth-order valence-corrected chi connectivity index (χ4v) is 8.89. The third-order valence-corrected chi connectivity index (χ3v) is 10.7. The van der Waals surface area contributed by atoms with Crippen molar-refractivity contribution in [1.29, 1.82) is 0 Å². The van der Waals surface area contributed by atoms with Gasteiger partial charge in [0, 0.05) is 10.0 Å². The Bertz CT molecular complexity index is 1400. The SMILES string of the molecule is C=CCc1cc(/C=C2\SC(=S)N(NC(=O)C34CC5CC(CC(C5)C3)C4)C2=O)cc(OC)c1OCc1ccc(Br)cc1. The van der Waals surface area contributed by atoms with Crippen molar-refractivity contribution < 1.29 is 19.1 Å². The van der Waals surface area contributed by atoms with Gasteiger partial charge < -0.3 is 9.47 Å². The monoisotopic (exact) mass is 652 g/mol. The number of halogens is 1. The van der Waals surface area contributed by atoms with E-state index >= 15 is 0 Å². The van der Waals surface area contributed by atoms with Crippen LogP contribution in [0.25, 0.3) is 6.08 Å². The van der Waals surface area contributed by atoms with E-state index in [0.29, 0.717) is 51.5 Å². The van der Waals surface area contributed by atoms with Crippen LogP contribution in [0.15, 0.2) is 58.4 Å². The second-order valence-electron chi connectivity index (χ2n) is 11.8. The molecule has 41 heavy (non-hydrogen) atoms. The van der Waals surface area contributed by atoms with Crippen LogP contribution in [0.3, 0.4) is 0 Å². The number of hydrazine groups is 1. The van der Waals surface area contributed by atoms with E-state index in [2.05, 4.69) is 27.9 Å². The molecule has 1 aliphatic heterocycles. The van der Waals surface area contributed by atoms with Crippen molar-refractivity contribution in [2.45, 2.75) is 51.6 Å². The highest BCUT2D eigenvalue weighted by molar-refractivity contribution is 9.10. The van der Waals surface area contributed by atoms with Crippen LogP contribution in [0.5, 0.6) is 11.5 Å². The number of nitrogens with one attached hydrogen (secondary N) is 1. The molecule has 4 saturated carbocycles. The second kappa shape index (κ2) is 11.6. The number of hydrogen-bond donors (Lipinski definition) is 1. The van der Waals surface area contributed by atoms with Crippen LogP contribution in [-0.4, -0.2) is 28.3 Å². The molecule has 6 nitrogen and oxygen atoms in total. The molecule has 4 bridgehead atoms. The lowest BCUT2D eigenvalue weighted by molar-refractivity contribution is -0.152. The summed E-state index contributed by atoms with van der Waals surface area (Å²) in [5.41, 5.74) is 5.28. The summed E-state index contributed by atoms with van der Waals surface area (Å²) in [6.45, 7) is 4.29. The Labute approximate surface area is 259 Å². The molecule has 1 N–H and O–H groups in total. The number of allylic oxidation sites excluding steroid dienone is 1. The van der Waals surface area contributed by atoms with Gasteiger partial charge in [0.05, 0.1) is 17.4 Å². The normalized spacial score (nSPS) is 27.4. The number of rotatable bonds is 9. The van der Waals surface area contributed by atoms with Gasteiger partial charge in [-0.25, -0.2) is 0 Å². The van der Waals surface area contributed by atoms with Gasteiger partial charge in [-0.2, -0.15) is 5.01 Å². The molecule has 0 spiro atoms. The number of benzene rings is 2. The molecular weight excluding hydrogens is 620 g/mol. The first-order chi connectivity index (χ1) is 19.8. The van der Waals surface area contributed by atoms with E-state index in [1.807, 2.05) is 42.5 Å². The average Bonchev–Trinajstić information content (AvgIpc) is 3.19. The molecule has 2 amide bonds. The van der Waals surface area contributed by atoms with E-state index in [-0.39, 0.29) is 17.2 Å². The zero-order chi connectivity index (χ0) is 28.7. The van der Waals surface area contributed by atoms with Gasteiger partial charge in [0.2, 0.25) is 5.91 Å². The van der Waals surface area contributed by atoms with Crippen molar-refractivity contribution in [2.24, 2.45) is 23.2 Å². The van der Waals surface area contributed by atoms with Gasteiger partial charge in [-0.05, 0) is 116 Å². The van der Waals surface area contributed by atoms with E-state index < -0.39 is 0 Å². The first kappa shape index (κ1) is 28.5. The zero-order valence-corrected chi connectivity index (χ0v) is 26.2. The van der Waals surface area contributed by atoms with Crippen LogP contribution in [-0.2, 0) is 22.6 Å². The van der Waals surface area contributed by atoms with Crippen molar-refractivity contribution in [3.8, 4) is 11.5 Å². The molecule has 214 valence electrons. The molecule has 5 fully saturated rings. The van der Waals surface area contributed by atoms with E-state index in [0.717, 1.165) is 40.4 Å². The highest BCUT2D eigenvalue weighted by Crippen LogP contribution is 2.60. The van der Waals surface area contributed by atoms with Gasteiger partial charge in [0.15, 0.2) is 15.8 Å². The third kappa shape index (κ3) is 5.73. The Morgan fingerprint density at radius 1 is 1.17 bits per heavy atom. The average molecular weight is 654 g/mol. The summed E-state index contributed by atoms with van der Waals surface area (Å²) in [5, 5.41) is 1.27. The maximum absolute atomic E-state index is 13.6. The molecular formula is C32H33BrN2O4S2. The fourth-order valence-electron chi connectivity index (χ4n) is 7.45. The molecule has 0 radical (unpaired) electrons. The molecule has 7 rings (SSSR count). The quantitative estimate of drug-likeness (QED) is 0.175. The number of carbonyl (C=O) groups excluding carboxylic acids is 2. The number of nitrogens with zero attached hydrogens (tertiary/aromatic N) is 1. The van der Waals surface area contributed by atoms with Crippen LogP contribution >= 0.6 is 39.9 Å². The number of methoxy groups -OCH3 is 1. The Morgan fingerprint density at radius 3 is 2.44 bits per heavy atom. The summed E-state index contributed by atoms with van der Waals surface area (Å²) >= 11 is 10.2. The van der Waals surface area contributed by atoms with Crippen LogP contribution in [0, 0.1) is 23.2 Å². The predicted octanol–water partition coefficient (Wildman–Crippen LogP) is 7.21. The number of hydrogen-bond acceptors (Lipinski definition) is 6.